The molecule has 0 saturated heterocycles. The fourth-order valence-electron chi connectivity index (χ4n) is 2.28. The van der Waals surface area contributed by atoms with Crippen LogP contribution in [0.15, 0.2) is 30.3 Å². The van der Waals surface area contributed by atoms with Gasteiger partial charge >= 0.3 is 6.16 Å². The van der Waals surface area contributed by atoms with Gasteiger partial charge in [-0.15, -0.1) is 0 Å². The molecule has 0 aliphatic heterocycles. The third-order valence-electron chi connectivity index (χ3n) is 3.66. The Morgan fingerprint density at radius 1 is 1.27 bits per heavy atom. The highest BCUT2D eigenvalue weighted by Crippen LogP contribution is 2.35. The lowest BCUT2D eigenvalue weighted by Gasteiger charge is -2.16. The van der Waals surface area contributed by atoms with Gasteiger partial charge in [0.15, 0.2) is 0 Å². The molecule has 26 heavy (non-hydrogen) atoms. The molecule has 8 heteroatoms. The normalized spacial score (nSPS) is 10.7. The molecule has 5 nitrogen and oxygen atoms in total. The molecule has 0 heterocycles. The summed E-state index contributed by atoms with van der Waals surface area (Å²) >= 11 is 6.00. The summed E-state index contributed by atoms with van der Waals surface area (Å²) in [7, 11) is 1.15. The van der Waals surface area contributed by atoms with Gasteiger partial charge in [0.1, 0.15) is 18.1 Å². The number of alkyl halides is 2. The average Bonchev–Trinajstić information content (AvgIpc) is 2.62. The number of hydrogen-bond donors (Lipinski definition) is 1. The molecule has 2 aromatic rings. The van der Waals surface area contributed by atoms with Gasteiger partial charge in [0.25, 0.3) is 6.43 Å². The zero-order valence-corrected chi connectivity index (χ0v) is 14.8. The summed E-state index contributed by atoms with van der Waals surface area (Å²) in [5, 5.41) is 9.77. The van der Waals surface area contributed by atoms with Crippen molar-refractivity contribution in [3.05, 3.63) is 57.6 Å². The quantitative estimate of drug-likeness (QED) is 0.570. The van der Waals surface area contributed by atoms with Crippen LogP contribution in [0.25, 0.3) is 0 Å². The highest BCUT2D eigenvalue weighted by molar-refractivity contribution is 6.31. The number of aliphatic hydroxyl groups excluding tert-OH is 1. The van der Waals surface area contributed by atoms with E-state index in [1.165, 1.54) is 18.2 Å². The molecule has 0 aromatic heterocycles. The summed E-state index contributed by atoms with van der Waals surface area (Å²) in [6.45, 7) is 1.04. The van der Waals surface area contributed by atoms with Crippen LogP contribution in [0.2, 0.25) is 5.02 Å². The number of carbonyl (C=O) groups excluding carboxylic acids is 1. The van der Waals surface area contributed by atoms with E-state index in [9.17, 15) is 18.7 Å². The van der Waals surface area contributed by atoms with Gasteiger partial charge in [0.2, 0.25) is 0 Å². The molecule has 0 atom stereocenters. The van der Waals surface area contributed by atoms with Crippen LogP contribution in [-0.2, 0) is 18.0 Å². The summed E-state index contributed by atoms with van der Waals surface area (Å²) in [5.74, 6) is 0.00701. The van der Waals surface area contributed by atoms with E-state index in [-0.39, 0.29) is 35.3 Å². The molecule has 0 amide bonds. The Morgan fingerprint density at radius 3 is 2.62 bits per heavy atom. The van der Waals surface area contributed by atoms with Crippen LogP contribution in [0.4, 0.5) is 13.6 Å². The molecule has 0 fully saturated rings. The predicted molar refractivity (Wildman–Crippen MR) is 90.9 cm³/mol. The molecule has 1 N–H and O–H groups in total. The maximum Gasteiger partial charge on any atom is 0.513 e. The van der Waals surface area contributed by atoms with Gasteiger partial charge < -0.3 is 19.3 Å². The first-order valence-corrected chi connectivity index (χ1v) is 7.93. The highest BCUT2D eigenvalue weighted by Gasteiger charge is 2.19. The third-order valence-corrected chi connectivity index (χ3v) is 4.07. The second-order valence-electron chi connectivity index (χ2n) is 5.34. The van der Waals surface area contributed by atoms with Crippen LogP contribution in [0, 0.1) is 6.92 Å². The van der Waals surface area contributed by atoms with Crippen molar-refractivity contribution in [1.82, 2.24) is 0 Å². The number of benzene rings is 2. The fourth-order valence-corrected chi connectivity index (χ4v) is 2.43. The topological polar surface area (TPSA) is 65.0 Å². The lowest BCUT2D eigenvalue weighted by Crippen LogP contribution is -2.11. The third kappa shape index (κ3) is 4.62. The van der Waals surface area contributed by atoms with Crippen molar-refractivity contribution >= 4 is 17.8 Å². The monoisotopic (exact) mass is 386 g/mol. The second kappa shape index (κ2) is 8.82. The van der Waals surface area contributed by atoms with Gasteiger partial charge in [-0.2, -0.15) is 0 Å². The molecule has 0 radical (unpaired) electrons. The molecule has 0 aliphatic rings. The molecule has 0 saturated carbocycles. The Morgan fingerprint density at radius 2 is 2.00 bits per heavy atom. The first-order chi connectivity index (χ1) is 12.4. The van der Waals surface area contributed by atoms with Gasteiger partial charge in [0, 0.05) is 10.6 Å². The molecule has 140 valence electrons. The summed E-state index contributed by atoms with van der Waals surface area (Å²) in [6, 6.07) is 7.21. The van der Waals surface area contributed by atoms with Gasteiger partial charge in [-0.25, -0.2) is 13.6 Å². The van der Waals surface area contributed by atoms with Gasteiger partial charge in [-0.05, 0) is 36.2 Å². The number of halogens is 3. The van der Waals surface area contributed by atoms with E-state index in [2.05, 4.69) is 4.74 Å². The number of aliphatic hydroxyl groups is 1. The highest BCUT2D eigenvalue weighted by atomic mass is 35.5. The van der Waals surface area contributed by atoms with Gasteiger partial charge in [0.05, 0.1) is 19.3 Å². The Labute approximate surface area is 154 Å². The smallest absolute Gasteiger partial charge is 0.488 e. The maximum absolute atomic E-state index is 13.3. The van der Waals surface area contributed by atoms with Crippen molar-refractivity contribution in [3.8, 4) is 11.5 Å². The average molecular weight is 387 g/mol. The van der Waals surface area contributed by atoms with E-state index in [4.69, 9.17) is 21.1 Å². The van der Waals surface area contributed by atoms with Crippen molar-refractivity contribution in [3.63, 3.8) is 0 Å². The summed E-state index contributed by atoms with van der Waals surface area (Å²) in [6.07, 6.45) is -3.70. The van der Waals surface area contributed by atoms with Crippen molar-refractivity contribution in [2.24, 2.45) is 0 Å². The van der Waals surface area contributed by atoms with E-state index < -0.39 is 12.6 Å². The number of carbonyl (C=O) groups is 1. The minimum Gasteiger partial charge on any atom is -0.488 e. The zero-order valence-electron chi connectivity index (χ0n) is 14.1. The standard InChI is InChI=1S/C18H17ClF2O5/c1-10-6-12(17(20)21)16(7-14(10)19)25-9-13-11(8-22)4-3-5-15(13)26-18(23)24-2/h3-7,17,22H,8-9H2,1-2H3. The second-order valence-corrected chi connectivity index (χ2v) is 5.74. The number of methoxy groups -OCH3 is 1. The Hall–Kier alpha value is -2.38. The first-order valence-electron chi connectivity index (χ1n) is 7.55. The number of hydrogen-bond acceptors (Lipinski definition) is 5. The van der Waals surface area contributed by atoms with Crippen LogP contribution >= 0.6 is 11.6 Å². The van der Waals surface area contributed by atoms with Crippen molar-refractivity contribution < 1.29 is 32.9 Å². The van der Waals surface area contributed by atoms with E-state index >= 15 is 0 Å². The molecule has 0 unspecified atom stereocenters. The van der Waals surface area contributed by atoms with Crippen molar-refractivity contribution in [2.75, 3.05) is 7.11 Å². The molecule has 2 rings (SSSR count). The number of ether oxygens (including phenoxy) is 3. The van der Waals surface area contributed by atoms with Crippen LogP contribution < -0.4 is 9.47 Å². The van der Waals surface area contributed by atoms with Crippen LogP contribution in [0.1, 0.15) is 28.7 Å². The number of aryl methyl sites for hydroxylation is 1. The Kier molecular flexibility index (Phi) is 6.76. The van der Waals surface area contributed by atoms with E-state index in [0.29, 0.717) is 16.7 Å². The minimum atomic E-state index is -2.75. The lowest BCUT2D eigenvalue weighted by molar-refractivity contribution is 0.120. The summed E-state index contributed by atoms with van der Waals surface area (Å²) in [5.41, 5.74) is 0.948. The van der Waals surface area contributed by atoms with Crippen LogP contribution in [0.3, 0.4) is 0 Å². The number of rotatable bonds is 6. The van der Waals surface area contributed by atoms with Crippen LogP contribution in [-0.4, -0.2) is 18.4 Å². The van der Waals surface area contributed by atoms with Gasteiger partial charge in [-0.1, -0.05) is 23.7 Å². The molecular weight excluding hydrogens is 370 g/mol. The fraction of sp³-hybridized carbons (Fsp3) is 0.278. The summed E-state index contributed by atoms with van der Waals surface area (Å²) < 4.78 is 41.5. The Bertz CT molecular complexity index is 795. The van der Waals surface area contributed by atoms with Crippen molar-refractivity contribution in [2.45, 2.75) is 26.6 Å². The molecule has 0 bridgehead atoms. The van der Waals surface area contributed by atoms with Gasteiger partial charge in [-0.3, -0.25) is 0 Å². The van der Waals surface area contributed by atoms with E-state index in [1.807, 2.05) is 0 Å². The van der Waals surface area contributed by atoms with Crippen molar-refractivity contribution in [1.29, 1.82) is 0 Å². The SMILES string of the molecule is COC(=O)Oc1cccc(CO)c1COc1cc(Cl)c(C)cc1C(F)F. The summed E-state index contributed by atoms with van der Waals surface area (Å²) in [4.78, 5) is 11.4. The zero-order chi connectivity index (χ0) is 19.3. The van der Waals surface area contributed by atoms with Crippen LogP contribution in [0.5, 0.6) is 11.5 Å². The Balaban J connectivity index is 2.35. The van der Waals surface area contributed by atoms with E-state index in [0.717, 1.165) is 7.11 Å². The minimum absolute atomic E-state index is 0.0904. The largest absolute Gasteiger partial charge is 0.513 e. The molecular formula is C18H17ClF2O5. The molecule has 0 aliphatic carbocycles. The lowest BCUT2D eigenvalue weighted by atomic mass is 10.1. The predicted octanol–water partition coefficient (Wildman–Crippen LogP) is 4.80. The van der Waals surface area contributed by atoms with E-state index in [1.54, 1.807) is 19.1 Å². The molecule has 2 aromatic carbocycles. The maximum atomic E-state index is 13.3. The first kappa shape index (κ1) is 19.9. The molecule has 0 spiro atoms.